The summed E-state index contributed by atoms with van der Waals surface area (Å²) in [5.74, 6) is 0.670. The molecule has 104 valence electrons. The van der Waals surface area contributed by atoms with Crippen LogP contribution in [-0.2, 0) is 4.79 Å². The molecule has 6 heteroatoms. The normalized spacial score (nSPS) is 21.3. The van der Waals surface area contributed by atoms with Gasteiger partial charge in [0, 0.05) is 12.7 Å². The molecule has 0 saturated carbocycles. The second-order valence-electron chi connectivity index (χ2n) is 4.93. The van der Waals surface area contributed by atoms with Gasteiger partial charge in [-0.2, -0.15) is 0 Å². The van der Waals surface area contributed by atoms with E-state index < -0.39 is 0 Å². The van der Waals surface area contributed by atoms with Gasteiger partial charge in [0.05, 0.1) is 17.7 Å². The number of amides is 1. The number of nitrogens with one attached hydrogen (secondary N) is 1. The summed E-state index contributed by atoms with van der Waals surface area (Å²) < 4.78 is 0. The van der Waals surface area contributed by atoms with Crippen molar-refractivity contribution >= 4 is 23.3 Å². The van der Waals surface area contributed by atoms with Gasteiger partial charge < -0.3 is 10.4 Å². The number of aliphatic hydroxyl groups excluding tert-OH is 1. The monoisotopic (exact) mass is 283 g/mol. The molecule has 0 radical (unpaired) electrons. The van der Waals surface area contributed by atoms with Crippen molar-refractivity contribution in [1.29, 1.82) is 0 Å². The van der Waals surface area contributed by atoms with E-state index in [2.05, 4.69) is 10.3 Å². The molecule has 0 aromatic carbocycles. The molecule has 1 fully saturated rings. The number of pyridine rings is 1. The Bertz CT molecular complexity index is 436. The largest absolute Gasteiger partial charge is 0.393 e. The Kier molecular flexibility index (Phi) is 4.74. The molecule has 19 heavy (non-hydrogen) atoms. The first kappa shape index (κ1) is 14.2. The number of halogens is 1. The Morgan fingerprint density at radius 1 is 1.68 bits per heavy atom. The van der Waals surface area contributed by atoms with E-state index in [1.165, 1.54) is 6.20 Å². The molecule has 0 aliphatic carbocycles. The van der Waals surface area contributed by atoms with Crippen molar-refractivity contribution in [2.45, 2.75) is 19.4 Å². The minimum atomic E-state index is -0.314. The number of rotatable bonds is 4. The number of hydrogen-bond acceptors (Lipinski definition) is 4. The second-order valence-corrected chi connectivity index (χ2v) is 5.37. The van der Waals surface area contributed by atoms with Gasteiger partial charge >= 0.3 is 0 Å². The number of aromatic nitrogens is 1. The van der Waals surface area contributed by atoms with Gasteiger partial charge in [-0.05, 0) is 37.9 Å². The van der Waals surface area contributed by atoms with Gasteiger partial charge in [0.15, 0.2) is 0 Å². The maximum Gasteiger partial charge on any atom is 0.239 e. The van der Waals surface area contributed by atoms with Gasteiger partial charge in [-0.1, -0.05) is 11.6 Å². The molecular weight excluding hydrogens is 266 g/mol. The van der Waals surface area contributed by atoms with Crippen molar-refractivity contribution in [3.63, 3.8) is 0 Å². The number of aliphatic hydroxyl groups is 1. The summed E-state index contributed by atoms with van der Waals surface area (Å²) >= 11 is 5.72. The van der Waals surface area contributed by atoms with Crippen LogP contribution in [0.25, 0.3) is 0 Å². The first-order valence-corrected chi connectivity index (χ1v) is 6.74. The van der Waals surface area contributed by atoms with Gasteiger partial charge in [0.2, 0.25) is 5.91 Å². The molecule has 5 nitrogen and oxygen atoms in total. The first-order chi connectivity index (χ1) is 9.04. The highest BCUT2D eigenvalue weighted by molar-refractivity contribution is 6.30. The van der Waals surface area contributed by atoms with Crippen molar-refractivity contribution < 1.29 is 9.90 Å². The van der Waals surface area contributed by atoms with Gasteiger partial charge in [-0.3, -0.25) is 9.69 Å². The van der Waals surface area contributed by atoms with Crippen LogP contribution in [0, 0.1) is 5.92 Å². The molecule has 2 unspecified atom stereocenters. The third-order valence-corrected chi connectivity index (χ3v) is 3.58. The number of carbonyl (C=O) groups is 1. The van der Waals surface area contributed by atoms with Gasteiger partial charge in [0.1, 0.15) is 5.82 Å². The molecule has 1 aliphatic rings. The summed E-state index contributed by atoms with van der Waals surface area (Å²) in [5, 5.41) is 12.8. The van der Waals surface area contributed by atoms with E-state index in [1.807, 2.05) is 4.90 Å². The SMILES string of the molecule is CC(O)C1CCN(CC(=O)Nc2ccc(Cl)cn2)C1. The Labute approximate surface area is 117 Å². The Morgan fingerprint density at radius 2 is 2.47 bits per heavy atom. The summed E-state index contributed by atoms with van der Waals surface area (Å²) in [7, 11) is 0. The zero-order chi connectivity index (χ0) is 13.8. The molecule has 2 N–H and O–H groups in total. The van der Waals surface area contributed by atoms with Gasteiger partial charge in [-0.15, -0.1) is 0 Å². The Hall–Kier alpha value is -1.17. The summed E-state index contributed by atoms with van der Waals surface area (Å²) in [5.41, 5.74) is 0. The van der Waals surface area contributed by atoms with Crippen LogP contribution >= 0.6 is 11.6 Å². The summed E-state index contributed by atoms with van der Waals surface area (Å²) in [6.07, 6.45) is 2.12. The number of anilines is 1. The molecular formula is C13H18ClN3O2. The van der Waals surface area contributed by atoms with Crippen LogP contribution in [0.15, 0.2) is 18.3 Å². The minimum Gasteiger partial charge on any atom is -0.393 e. The number of hydrogen-bond donors (Lipinski definition) is 2. The van der Waals surface area contributed by atoms with Crippen LogP contribution < -0.4 is 5.32 Å². The van der Waals surface area contributed by atoms with Crippen molar-refractivity contribution in [1.82, 2.24) is 9.88 Å². The minimum absolute atomic E-state index is 0.0962. The quantitative estimate of drug-likeness (QED) is 0.876. The maximum atomic E-state index is 11.8. The standard InChI is InChI=1S/C13H18ClN3O2/c1-9(18)10-4-5-17(7-10)8-13(19)16-12-3-2-11(14)6-15-12/h2-3,6,9-10,18H,4-5,7-8H2,1H3,(H,15,16,19). The predicted molar refractivity (Wildman–Crippen MR) is 74.1 cm³/mol. The number of likely N-dealkylation sites (tertiary alicyclic amines) is 1. The molecule has 1 saturated heterocycles. The van der Waals surface area contributed by atoms with Crippen LogP contribution in [-0.4, -0.2) is 46.6 Å². The molecule has 0 bridgehead atoms. The lowest BCUT2D eigenvalue weighted by Crippen LogP contribution is -2.32. The topological polar surface area (TPSA) is 65.5 Å². The van der Waals surface area contributed by atoms with Crippen LogP contribution in [0.2, 0.25) is 5.02 Å². The van der Waals surface area contributed by atoms with Gasteiger partial charge in [-0.25, -0.2) is 4.98 Å². The zero-order valence-corrected chi connectivity index (χ0v) is 11.6. The van der Waals surface area contributed by atoms with E-state index in [1.54, 1.807) is 19.1 Å². The fourth-order valence-corrected chi connectivity index (χ4v) is 2.35. The second kappa shape index (κ2) is 6.32. The fourth-order valence-electron chi connectivity index (χ4n) is 2.24. The number of carbonyl (C=O) groups excluding carboxylic acids is 1. The molecule has 2 atom stereocenters. The Balaban J connectivity index is 1.80. The van der Waals surface area contributed by atoms with E-state index in [0.29, 0.717) is 17.4 Å². The molecule has 1 aromatic heterocycles. The maximum absolute atomic E-state index is 11.8. The zero-order valence-electron chi connectivity index (χ0n) is 10.8. The fraction of sp³-hybridized carbons (Fsp3) is 0.538. The first-order valence-electron chi connectivity index (χ1n) is 6.36. The van der Waals surface area contributed by atoms with Crippen LogP contribution in [0.4, 0.5) is 5.82 Å². The molecule has 1 aromatic rings. The van der Waals surface area contributed by atoms with Crippen molar-refractivity contribution in [3.05, 3.63) is 23.4 Å². The third-order valence-electron chi connectivity index (χ3n) is 3.35. The van der Waals surface area contributed by atoms with E-state index >= 15 is 0 Å². The average Bonchev–Trinajstić information content (AvgIpc) is 2.80. The smallest absolute Gasteiger partial charge is 0.239 e. The van der Waals surface area contributed by atoms with Crippen molar-refractivity contribution in [3.8, 4) is 0 Å². The third kappa shape index (κ3) is 4.16. The van der Waals surface area contributed by atoms with E-state index in [-0.39, 0.29) is 17.9 Å². The highest BCUT2D eigenvalue weighted by Crippen LogP contribution is 2.19. The van der Waals surface area contributed by atoms with Crippen molar-refractivity contribution in [2.75, 3.05) is 25.0 Å². The predicted octanol–water partition coefficient (Wildman–Crippen LogP) is 1.38. The highest BCUT2D eigenvalue weighted by atomic mass is 35.5. The summed E-state index contributed by atoms with van der Waals surface area (Å²) in [6, 6.07) is 3.35. The molecule has 2 rings (SSSR count). The lowest BCUT2D eigenvalue weighted by atomic mass is 10.0. The van der Waals surface area contributed by atoms with Crippen LogP contribution in [0.3, 0.4) is 0 Å². The van der Waals surface area contributed by atoms with Crippen LogP contribution in [0.5, 0.6) is 0 Å². The van der Waals surface area contributed by atoms with Gasteiger partial charge in [0.25, 0.3) is 0 Å². The summed E-state index contributed by atoms with van der Waals surface area (Å²) in [6.45, 7) is 3.73. The highest BCUT2D eigenvalue weighted by Gasteiger charge is 2.26. The molecule has 1 amide bonds. The van der Waals surface area contributed by atoms with E-state index in [9.17, 15) is 9.90 Å². The summed E-state index contributed by atoms with van der Waals surface area (Å²) in [4.78, 5) is 17.9. The lowest BCUT2D eigenvalue weighted by molar-refractivity contribution is -0.117. The number of nitrogens with zero attached hydrogens (tertiary/aromatic N) is 2. The molecule has 2 heterocycles. The van der Waals surface area contributed by atoms with Crippen molar-refractivity contribution in [2.24, 2.45) is 5.92 Å². The van der Waals surface area contributed by atoms with Crippen LogP contribution in [0.1, 0.15) is 13.3 Å². The van der Waals surface area contributed by atoms with E-state index in [4.69, 9.17) is 11.6 Å². The Morgan fingerprint density at radius 3 is 3.05 bits per heavy atom. The molecule has 1 aliphatic heterocycles. The molecule has 0 spiro atoms. The van der Waals surface area contributed by atoms with E-state index in [0.717, 1.165) is 19.5 Å². The average molecular weight is 284 g/mol. The lowest BCUT2D eigenvalue weighted by Gasteiger charge is -2.16.